The standard InChI is InChI=1S/C8H15NO3/c1-9-4-3-6(10)5-7(9)8(11)12-2/h6-7,10H,3-5H2,1-2H3/t6-,7+/m0/s1. The zero-order valence-corrected chi connectivity index (χ0v) is 7.49. The Morgan fingerprint density at radius 2 is 2.33 bits per heavy atom. The van der Waals surface area contributed by atoms with Crippen LogP contribution in [0.15, 0.2) is 0 Å². The van der Waals surface area contributed by atoms with Crippen LogP contribution in [0.25, 0.3) is 0 Å². The average Bonchev–Trinajstić information content (AvgIpc) is 2.08. The summed E-state index contributed by atoms with van der Waals surface area (Å²) in [6.07, 6.45) is 0.873. The lowest BCUT2D eigenvalue weighted by atomic mass is 10.0. The summed E-state index contributed by atoms with van der Waals surface area (Å²) in [5.74, 6) is -0.253. The van der Waals surface area contributed by atoms with Crippen molar-refractivity contribution in [3.63, 3.8) is 0 Å². The summed E-state index contributed by atoms with van der Waals surface area (Å²) in [6.45, 7) is 0.751. The molecule has 12 heavy (non-hydrogen) atoms. The van der Waals surface area contributed by atoms with Crippen molar-refractivity contribution in [2.75, 3.05) is 20.7 Å². The number of hydrogen-bond donors (Lipinski definition) is 1. The third-order valence-corrected chi connectivity index (χ3v) is 2.32. The molecule has 0 saturated carbocycles. The van der Waals surface area contributed by atoms with Gasteiger partial charge in [0.1, 0.15) is 6.04 Å². The first-order valence-corrected chi connectivity index (χ1v) is 4.11. The van der Waals surface area contributed by atoms with E-state index in [4.69, 9.17) is 0 Å². The van der Waals surface area contributed by atoms with Crippen molar-refractivity contribution in [2.45, 2.75) is 25.0 Å². The molecule has 0 amide bonds. The maximum absolute atomic E-state index is 11.1. The molecule has 1 saturated heterocycles. The molecular weight excluding hydrogens is 158 g/mol. The van der Waals surface area contributed by atoms with Gasteiger partial charge in [-0.25, -0.2) is 0 Å². The molecule has 0 aliphatic carbocycles. The number of ether oxygens (including phenoxy) is 1. The highest BCUT2D eigenvalue weighted by Crippen LogP contribution is 2.16. The van der Waals surface area contributed by atoms with Gasteiger partial charge in [-0.05, 0) is 19.9 Å². The van der Waals surface area contributed by atoms with Crippen molar-refractivity contribution in [2.24, 2.45) is 0 Å². The van der Waals surface area contributed by atoms with Gasteiger partial charge in [0.25, 0.3) is 0 Å². The average molecular weight is 173 g/mol. The minimum atomic E-state index is -0.356. The van der Waals surface area contributed by atoms with Crippen LogP contribution in [-0.2, 0) is 9.53 Å². The summed E-state index contributed by atoms with van der Waals surface area (Å²) in [5.41, 5.74) is 0. The number of likely N-dealkylation sites (tertiary alicyclic amines) is 1. The Hall–Kier alpha value is -0.610. The van der Waals surface area contributed by atoms with Crippen LogP contribution in [0.5, 0.6) is 0 Å². The van der Waals surface area contributed by atoms with Crippen LogP contribution in [0.3, 0.4) is 0 Å². The van der Waals surface area contributed by atoms with Gasteiger partial charge in [0.05, 0.1) is 13.2 Å². The fourth-order valence-corrected chi connectivity index (χ4v) is 1.48. The van der Waals surface area contributed by atoms with E-state index in [9.17, 15) is 9.90 Å². The molecule has 2 atom stereocenters. The lowest BCUT2D eigenvalue weighted by Gasteiger charge is -2.32. The van der Waals surface area contributed by atoms with E-state index in [2.05, 4.69) is 4.74 Å². The number of nitrogens with zero attached hydrogens (tertiary/aromatic N) is 1. The number of piperidine rings is 1. The Balaban J connectivity index is 2.54. The molecule has 70 valence electrons. The van der Waals surface area contributed by atoms with Crippen molar-refractivity contribution in [3.8, 4) is 0 Å². The van der Waals surface area contributed by atoms with Crippen LogP contribution in [0.2, 0.25) is 0 Å². The lowest BCUT2D eigenvalue weighted by molar-refractivity contribution is -0.149. The highest BCUT2D eigenvalue weighted by atomic mass is 16.5. The first-order valence-electron chi connectivity index (χ1n) is 4.11. The van der Waals surface area contributed by atoms with E-state index in [1.54, 1.807) is 0 Å². The first-order chi connectivity index (χ1) is 5.65. The number of methoxy groups -OCH3 is 1. The number of carbonyl (C=O) groups excluding carboxylic acids is 1. The molecule has 1 heterocycles. The topological polar surface area (TPSA) is 49.8 Å². The van der Waals surface area contributed by atoms with E-state index in [1.807, 2.05) is 11.9 Å². The fraction of sp³-hybridized carbons (Fsp3) is 0.875. The van der Waals surface area contributed by atoms with Gasteiger partial charge < -0.3 is 9.84 Å². The minimum Gasteiger partial charge on any atom is -0.468 e. The van der Waals surface area contributed by atoms with Gasteiger partial charge in [-0.15, -0.1) is 0 Å². The smallest absolute Gasteiger partial charge is 0.323 e. The van der Waals surface area contributed by atoms with Gasteiger partial charge in [0.2, 0.25) is 0 Å². The molecule has 4 heteroatoms. The molecule has 0 aromatic carbocycles. The number of aliphatic hydroxyl groups excluding tert-OH is 1. The maximum atomic E-state index is 11.1. The molecule has 0 radical (unpaired) electrons. The number of aliphatic hydroxyl groups is 1. The van der Waals surface area contributed by atoms with Gasteiger partial charge in [-0.3, -0.25) is 9.69 Å². The molecule has 0 aromatic heterocycles. The molecule has 1 rings (SSSR count). The molecule has 0 bridgehead atoms. The fourth-order valence-electron chi connectivity index (χ4n) is 1.48. The Morgan fingerprint density at radius 1 is 1.67 bits per heavy atom. The zero-order valence-electron chi connectivity index (χ0n) is 7.49. The summed E-state index contributed by atoms with van der Waals surface area (Å²) in [7, 11) is 3.24. The Labute approximate surface area is 72.1 Å². The molecule has 0 aromatic rings. The summed E-state index contributed by atoms with van der Waals surface area (Å²) < 4.78 is 4.62. The first kappa shape index (κ1) is 9.48. The number of hydrogen-bond acceptors (Lipinski definition) is 4. The van der Waals surface area contributed by atoms with Crippen molar-refractivity contribution in [1.82, 2.24) is 4.90 Å². The van der Waals surface area contributed by atoms with Crippen molar-refractivity contribution in [1.29, 1.82) is 0 Å². The van der Waals surface area contributed by atoms with Gasteiger partial charge in [-0.1, -0.05) is 0 Å². The normalized spacial score (nSPS) is 31.6. The van der Waals surface area contributed by atoms with E-state index in [0.717, 1.165) is 13.0 Å². The molecule has 0 spiro atoms. The molecular formula is C8H15NO3. The van der Waals surface area contributed by atoms with Gasteiger partial charge in [0.15, 0.2) is 0 Å². The molecule has 1 N–H and O–H groups in total. The third kappa shape index (κ3) is 1.95. The SMILES string of the molecule is COC(=O)[C@H]1C[C@@H](O)CCN1C. The Bertz CT molecular complexity index is 172. The predicted molar refractivity (Wildman–Crippen MR) is 43.7 cm³/mol. The molecule has 1 aliphatic heterocycles. The second-order valence-electron chi connectivity index (χ2n) is 3.20. The molecule has 1 fully saturated rings. The zero-order chi connectivity index (χ0) is 9.14. The Kier molecular flexibility index (Phi) is 3.05. The van der Waals surface area contributed by atoms with E-state index in [1.165, 1.54) is 7.11 Å². The van der Waals surface area contributed by atoms with Crippen LogP contribution in [0, 0.1) is 0 Å². The monoisotopic (exact) mass is 173 g/mol. The van der Waals surface area contributed by atoms with Crippen molar-refractivity contribution in [3.05, 3.63) is 0 Å². The number of carbonyl (C=O) groups is 1. The molecule has 4 nitrogen and oxygen atoms in total. The van der Waals surface area contributed by atoms with Crippen LogP contribution in [0.4, 0.5) is 0 Å². The van der Waals surface area contributed by atoms with Crippen LogP contribution >= 0.6 is 0 Å². The number of rotatable bonds is 1. The summed E-state index contributed by atoms with van der Waals surface area (Å²) in [4.78, 5) is 13.1. The van der Waals surface area contributed by atoms with Crippen LogP contribution < -0.4 is 0 Å². The van der Waals surface area contributed by atoms with Gasteiger partial charge >= 0.3 is 5.97 Å². The van der Waals surface area contributed by atoms with Crippen LogP contribution in [-0.4, -0.2) is 48.8 Å². The van der Waals surface area contributed by atoms with E-state index in [0.29, 0.717) is 6.42 Å². The van der Waals surface area contributed by atoms with Crippen molar-refractivity contribution >= 4 is 5.97 Å². The van der Waals surface area contributed by atoms with Gasteiger partial charge in [0, 0.05) is 6.54 Å². The van der Waals surface area contributed by atoms with E-state index >= 15 is 0 Å². The maximum Gasteiger partial charge on any atom is 0.323 e. The summed E-state index contributed by atoms with van der Waals surface area (Å²) in [6, 6.07) is -0.265. The van der Waals surface area contributed by atoms with E-state index in [-0.39, 0.29) is 18.1 Å². The minimum absolute atomic E-state index is 0.253. The summed E-state index contributed by atoms with van der Waals surface area (Å²) in [5, 5.41) is 9.31. The molecule has 1 aliphatic rings. The second-order valence-corrected chi connectivity index (χ2v) is 3.20. The second kappa shape index (κ2) is 3.87. The number of esters is 1. The quantitative estimate of drug-likeness (QED) is 0.549. The highest BCUT2D eigenvalue weighted by Gasteiger charge is 2.30. The summed E-state index contributed by atoms with van der Waals surface area (Å²) >= 11 is 0. The largest absolute Gasteiger partial charge is 0.468 e. The van der Waals surface area contributed by atoms with Gasteiger partial charge in [-0.2, -0.15) is 0 Å². The lowest BCUT2D eigenvalue weighted by Crippen LogP contribution is -2.46. The molecule has 0 unspecified atom stereocenters. The van der Waals surface area contributed by atoms with Crippen molar-refractivity contribution < 1.29 is 14.6 Å². The number of likely N-dealkylation sites (N-methyl/N-ethyl adjacent to an activating group) is 1. The van der Waals surface area contributed by atoms with E-state index < -0.39 is 0 Å². The van der Waals surface area contributed by atoms with Crippen LogP contribution in [0.1, 0.15) is 12.8 Å². The highest BCUT2D eigenvalue weighted by molar-refractivity contribution is 5.75. The Morgan fingerprint density at radius 3 is 2.92 bits per heavy atom. The predicted octanol–water partition coefficient (Wildman–Crippen LogP) is -0.386. The third-order valence-electron chi connectivity index (χ3n) is 2.32.